The number of aryl methyl sites for hydroxylation is 1. The van der Waals surface area contributed by atoms with Crippen LogP contribution in [0.3, 0.4) is 0 Å². The topological polar surface area (TPSA) is 34.6 Å². The van der Waals surface area contributed by atoms with Crippen molar-refractivity contribution in [2.75, 3.05) is 38.3 Å². The van der Waals surface area contributed by atoms with Crippen LogP contribution < -0.4 is 9.64 Å². The standard InChI is InChI=1S/C13H16N2O2S/c1-9-14-12-11(16-2)4-3-10(13(12)18-9)15-5-7-17-8-6-15/h3-4H,5-8H2,1-2H3. The van der Waals surface area contributed by atoms with Crippen LogP contribution in [0, 0.1) is 6.92 Å². The van der Waals surface area contributed by atoms with Gasteiger partial charge in [-0.05, 0) is 19.1 Å². The van der Waals surface area contributed by atoms with Crippen molar-refractivity contribution in [2.24, 2.45) is 0 Å². The van der Waals surface area contributed by atoms with Crippen molar-refractivity contribution in [3.8, 4) is 5.75 Å². The fourth-order valence-corrected chi connectivity index (χ4v) is 3.27. The minimum atomic E-state index is 0.797. The van der Waals surface area contributed by atoms with Crippen molar-refractivity contribution in [1.29, 1.82) is 0 Å². The van der Waals surface area contributed by atoms with E-state index in [0.29, 0.717) is 0 Å². The third-order valence-electron chi connectivity index (χ3n) is 3.16. The molecule has 0 bridgehead atoms. The largest absolute Gasteiger partial charge is 0.494 e. The molecule has 0 saturated carbocycles. The van der Waals surface area contributed by atoms with Crippen LogP contribution in [-0.4, -0.2) is 38.4 Å². The van der Waals surface area contributed by atoms with Gasteiger partial charge in [0.1, 0.15) is 11.3 Å². The van der Waals surface area contributed by atoms with Gasteiger partial charge in [-0.15, -0.1) is 11.3 Å². The van der Waals surface area contributed by atoms with Crippen LogP contribution in [-0.2, 0) is 4.74 Å². The molecule has 2 heterocycles. The van der Waals surface area contributed by atoms with E-state index < -0.39 is 0 Å². The van der Waals surface area contributed by atoms with E-state index in [9.17, 15) is 0 Å². The zero-order chi connectivity index (χ0) is 12.5. The minimum absolute atomic E-state index is 0.797. The van der Waals surface area contributed by atoms with Gasteiger partial charge in [-0.1, -0.05) is 0 Å². The van der Waals surface area contributed by atoms with Gasteiger partial charge in [0.05, 0.1) is 35.7 Å². The van der Waals surface area contributed by atoms with Gasteiger partial charge in [-0.3, -0.25) is 0 Å². The number of anilines is 1. The summed E-state index contributed by atoms with van der Waals surface area (Å²) < 4.78 is 12.0. The van der Waals surface area contributed by atoms with E-state index in [1.807, 2.05) is 13.0 Å². The van der Waals surface area contributed by atoms with Crippen LogP contribution in [0.25, 0.3) is 10.2 Å². The maximum atomic E-state index is 5.40. The summed E-state index contributed by atoms with van der Waals surface area (Å²) >= 11 is 1.73. The molecule has 96 valence electrons. The van der Waals surface area contributed by atoms with E-state index >= 15 is 0 Å². The van der Waals surface area contributed by atoms with Crippen LogP contribution >= 0.6 is 11.3 Å². The number of fused-ring (bicyclic) bond motifs is 1. The number of hydrogen-bond acceptors (Lipinski definition) is 5. The molecular weight excluding hydrogens is 248 g/mol. The lowest BCUT2D eigenvalue weighted by molar-refractivity contribution is 0.123. The number of benzene rings is 1. The second kappa shape index (κ2) is 4.74. The van der Waals surface area contributed by atoms with Crippen molar-refractivity contribution in [1.82, 2.24) is 4.98 Å². The molecule has 0 unspecified atom stereocenters. The average Bonchev–Trinajstić information content (AvgIpc) is 2.80. The molecule has 3 rings (SSSR count). The molecule has 0 N–H and O–H groups in total. The fraction of sp³-hybridized carbons (Fsp3) is 0.462. The summed E-state index contributed by atoms with van der Waals surface area (Å²) in [5, 5.41) is 1.07. The van der Waals surface area contributed by atoms with Crippen LogP contribution in [0.4, 0.5) is 5.69 Å². The molecular formula is C13H16N2O2S. The van der Waals surface area contributed by atoms with E-state index in [2.05, 4.69) is 16.0 Å². The first-order chi connectivity index (χ1) is 8.79. The van der Waals surface area contributed by atoms with Gasteiger partial charge in [0, 0.05) is 13.1 Å². The van der Waals surface area contributed by atoms with Crippen molar-refractivity contribution in [3.63, 3.8) is 0 Å². The summed E-state index contributed by atoms with van der Waals surface area (Å²) in [6.07, 6.45) is 0. The third kappa shape index (κ3) is 1.93. The quantitative estimate of drug-likeness (QED) is 0.834. The van der Waals surface area contributed by atoms with E-state index in [4.69, 9.17) is 9.47 Å². The zero-order valence-corrected chi connectivity index (χ0v) is 11.4. The van der Waals surface area contributed by atoms with Crippen LogP contribution in [0.2, 0.25) is 0 Å². The SMILES string of the molecule is COc1ccc(N2CCOCC2)c2sc(C)nc12. The van der Waals surface area contributed by atoms with Crippen LogP contribution in [0.1, 0.15) is 5.01 Å². The molecule has 0 radical (unpaired) electrons. The van der Waals surface area contributed by atoms with Crippen molar-refractivity contribution >= 4 is 27.2 Å². The molecule has 1 aliphatic heterocycles. The Morgan fingerprint density at radius 2 is 2.11 bits per heavy atom. The Hall–Kier alpha value is -1.33. The van der Waals surface area contributed by atoms with Gasteiger partial charge < -0.3 is 14.4 Å². The average molecular weight is 264 g/mol. The molecule has 0 aliphatic carbocycles. The highest BCUT2D eigenvalue weighted by Gasteiger charge is 2.18. The highest BCUT2D eigenvalue weighted by atomic mass is 32.1. The summed E-state index contributed by atoms with van der Waals surface area (Å²) in [4.78, 5) is 6.94. The molecule has 1 aromatic heterocycles. The molecule has 5 heteroatoms. The Kier molecular flexibility index (Phi) is 3.09. The van der Waals surface area contributed by atoms with Crippen molar-refractivity contribution in [2.45, 2.75) is 6.92 Å². The number of aromatic nitrogens is 1. The highest BCUT2D eigenvalue weighted by Crippen LogP contribution is 2.37. The van der Waals surface area contributed by atoms with Crippen LogP contribution in [0.15, 0.2) is 12.1 Å². The summed E-state index contributed by atoms with van der Waals surface area (Å²) in [5.74, 6) is 0.853. The Labute approximate surface area is 110 Å². The molecule has 2 aromatic rings. The van der Waals surface area contributed by atoms with Crippen molar-refractivity contribution in [3.05, 3.63) is 17.1 Å². The normalized spacial score (nSPS) is 16.2. The lowest BCUT2D eigenvalue weighted by atomic mass is 10.2. The van der Waals surface area contributed by atoms with E-state index in [-0.39, 0.29) is 0 Å². The maximum absolute atomic E-state index is 5.40. The van der Waals surface area contributed by atoms with Crippen molar-refractivity contribution < 1.29 is 9.47 Å². The summed E-state index contributed by atoms with van der Waals surface area (Å²) in [5.41, 5.74) is 2.23. The number of rotatable bonds is 2. The van der Waals surface area contributed by atoms with Gasteiger partial charge in [0.15, 0.2) is 0 Å². The molecule has 0 amide bonds. The molecule has 1 aliphatic rings. The number of hydrogen-bond donors (Lipinski definition) is 0. The first-order valence-corrected chi connectivity index (χ1v) is 6.88. The second-order valence-corrected chi connectivity index (χ2v) is 5.50. The number of morpholine rings is 1. The number of methoxy groups -OCH3 is 1. The molecule has 4 nitrogen and oxygen atoms in total. The Morgan fingerprint density at radius 3 is 2.83 bits per heavy atom. The van der Waals surface area contributed by atoms with E-state index in [0.717, 1.165) is 42.6 Å². The third-order valence-corrected chi connectivity index (χ3v) is 4.16. The number of nitrogens with zero attached hydrogens (tertiary/aromatic N) is 2. The predicted molar refractivity (Wildman–Crippen MR) is 73.9 cm³/mol. The summed E-state index contributed by atoms with van der Waals surface area (Å²) in [6, 6.07) is 4.14. The molecule has 18 heavy (non-hydrogen) atoms. The fourth-order valence-electron chi connectivity index (χ4n) is 2.29. The van der Waals surface area contributed by atoms with Gasteiger partial charge in [0.2, 0.25) is 0 Å². The van der Waals surface area contributed by atoms with Gasteiger partial charge in [-0.2, -0.15) is 0 Å². The molecule has 1 saturated heterocycles. The predicted octanol–water partition coefficient (Wildman–Crippen LogP) is 2.45. The van der Waals surface area contributed by atoms with Gasteiger partial charge in [-0.25, -0.2) is 4.98 Å². The Balaban J connectivity index is 2.11. The zero-order valence-electron chi connectivity index (χ0n) is 10.6. The Morgan fingerprint density at radius 1 is 1.33 bits per heavy atom. The summed E-state index contributed by atoms with van der Waals surface area (Å²) in [7, 11) is 1.69. The molecule has 1 fully saturated rings. The molecule has 0 spiro atoms. The summed E-state index contributed by atoms with van der Waals surface area (Å²) in [6.45, 7) is 5.51. The van der Waals surface area contributed by atoms with E-state index in [1.54, 1.807) is 18.4 Å². The number of ether oxygens (including phenoxy) is 2. The lowest BCUT2D eigenvalue weighted by Gasteiger charge is -2.29. The van der Waals surface area contributed by atoms with Gasteiger partial charge in [0.25, 0.3) is 0 Å². The monoisotopic (exact) mass is 264 g/mol. The minimum Gasteiger partial charge on any atom is -0.494 e. The van der Waals surface area contributed by atoms with Crippen LogP contribution in [0.5, 0.6) is 5.75 Å². The first-order valence-electron chi connectivity index (χ1n) is 6.06. The second-order valence-electron chi connectivity index (χ2n) is 4.30. The Bertz CT molecular complexity index is 561. The first kappa shape index (κ1) is 11.7. The smallest absolute Gasteiger partial charge is 0.146 e. The molecule has 1 aromatic carbocycles. The molecule has 0 atom stereocenters. The van der Waals surface area contributed by atoms with Gasteiger partial charge >= 0.3 is 0 Å². The number of thiazole rings is 1. The van der Waals surface area contributed by atoms with E-state index in [1.165, 1.54) is 10.4 Å². The highest BCUT2D eigenvalue weighted by molar-refractivity contribution is 7.19. The lowest BCUT2D eigenvalue weighted by Crippen LogP contribution is -2.36. The maximum Gasteiger partial charge on any atom is 0.146 e.